The van der Waals surface area contributed by atoms with Crippen LogP contribution in [0.15, 0.2) is 16.6 Å². The average molecular weight is 374 g/mol. The Labute approximate surface area is 141 Å². The Morgan fingerprint density at radius 3 is 3.00 bits per heavy atom. The van der Waals surface area contributed by atoms with Gasteiger partial charge in [0.2, 0.25) is 0 Å². The summed E-state index contributed by atoms with van der Waals surface area (Å²) in [7, 11) is 0. The van der Waals surface area contributed by atoms with Gasteiger partial charge in [0.1, 0.15) is 5.75 Å². The highest BCUT2D eigenvalue weighted by Crippen LogP contribution is 2.34. The smallest absolute Gasteiger partial charge is 0.127 e. The third-order valence-corrected chi connectivity index (χ3v) is 5.28. The fraction of sp³-hybridized carbons (Fsp3) is 0.625. The molecule has 2 fully saturated rings. The highest BCUT2D eigenvalue weighted by atomic mass is 79.9. The van der Waals surface area contributed by atoms with Crippen LogP contribution in [0.3, 0.4) is 0 Å². The van der Waals surface area contributed by atoms with Crippen molar-refractivity contribution in [3.8, 4) is 5.75 Å². The highest BCUT2D eigenvalue weighted by molar-refractivity contribution is 9.10. The molecule has 3 aliphatic rings. The Kier molecular flexibility index (Phi) is 4.79. The van der Waals surface area contributed by atoms with Crippen LogP contribution < -0.4 is 10.1 Å². The van der Waals surface area contributed by atoms with Gasteiger partial charge >= 0.3 is 0 Å². The predicted molar refractivity (Wildman–Crippen MR) is 90.4 cm³/mol. The van der Waals surface area contributed by atoms with Crippen molar-refractivity contribution >= 4 is 28.3 Å². The van der Waals surface area contributed by atoms with Crippen LogP contribution in [0.1, 0.15) is 30.4 Å². The van der Waals surface area contributed by atoms with Gasteiger partial charge in [0.25, 0.3) is 0 Å². The van der Waals surface area contributed by atoms with E-state index in [1.807, 2.05) is 0 Å². The summed E-state index contributed by atoms with van der Waals surface area (Å²) in [5.41, 5.74) is 2.72. The summed E-state index contributed by atoms with van der Waals surface area (Å²) in [5.74, 6) is 1.15. The molecule has 21 heavy (non-hydrogen) atoms. The molecule has 0 aromatic heterocycles. The first kappa shape index (κ1) is 15.6. The van der Waals surface area contributed by atoms with Crippen LogP contribution >= 0.6 is 28.3 Å². The third kappa shape index (κ3) is 3.24. The summed E-state index contributed by atoms with van der Waals surface area (Å²) in [4.78, 5) is 2.60. The monoisotopic (exact) mass is 372 g/mol. The number of nitrogens with one attached hydrogen (secondary N) is 1. The molecule has 0 amide bonds. The summed E-state index contributed by atoms with van der Waals surface area (Å²) in [6, 6.07) is 5.90. The highest BCUT2D eigenvalue weighted by Gasteiger charge is 2.30. The lowest BCUT2D eigenvalue weighted by atomic mass is 10.1. The summed E-state index contributed by atoms with van der Waals surface area (Å²) >= 11 is 3.64. The maximum absolute atomic E-state index is 5.86. The molecule has 2 atom stereocenters. The van der Waals surface area contributed by atoms with Gasteiger partial charge in [0.15, 0.2) is 0 Å². The van der Waals surface area contributed by atoms with E-state index in [1.165, 1.54) is 48.0 Å². The number of fused-ring (bicyclic) bond motifs is 3. The SMILES string of the molecule is Brc1cc2c(c(CN3CCC4CCC(C3)N4)c1)OCC2.Cl. The maximum atomic E-state index is 5.86. The van der Waals surface area contributed by atoms with E-state index in [2.05, 4.69) is 38.3 Å². The van der Waals surface area contributed by atoms with E-state index >= 15 is 0 Å². The van der Waals surface area contributed by atoms with Crippen molar-refractivity contribution in [2.75, 3.05) is 19.7 Å². The Balaban J connectivity index is 0.00000132. The maximum Gasteiger partial charge on any atom is 0.127 e. The van der Waals surface area contributed by atoms with Gasteiger partial charge < -0.3 is 10.1 Å². The van der Waals surface area contributed by atoms with Gasteiger partial charge in [-0.3, -0.25) is 4.90 Å². The molecule has 1 aromatic carbocycles. The summed E-state index contributed by atoms with van der Waals surface area (Å²) < 4.78 is 7.04. The zero-order chi connectivity index (χ0) is 13.5. The van der Waals surface area contributed by atoms with E-state index < -0.39 is 0 Å². The van der Waals surface area contributed by atoms with E-state index in [0.29, 0.717) is 6.04 Å². The van der Waals surface area contributed by atoms with Gasteiger partial charge in [-0.25, -0.2) is 0 Å². The molecule has 2 saturated heterocycles. The van der Waals surface area contributed by atoms with Gasteiger partial charge in [-0.1, -0.05) is 15.9 Å². The minimum atomic E-state index is 0. The minimum Gasteiger partial charge on any atom is -0.493 e. The predicted octanol–water partition coefficient (Wildman–Crippen LogP) is 3.13. The standard InChI is InChI=1S/C16H21BrN2O.ClH/c17-13-7-11-4-6-20-16(11)12(8-13)9-19-5-3-14-1-2-15(10-19)18-14;/h7-8,14-15,18H,1-6,9-10H2;1H. The lowest BCUT2D eigenvalue weighted by Crippen LogP contribution is -2.35. The number of nitrogens with zero attached hydrogens (tertiary/aromatic N) is 1. The zero-order valence-electron chi connectivity index (χ0n) is 12.1. The zero-order valence-corrected chi connectivity index (χ0v) is 14.5. The normalized spacial score (nSPS) is 27.7. The first-order valence-electron chi connectivity index (χ1n) is 7.70. The average Bonchev–Trinajstić information content (AvgIpc) is 2.98. The third-order valence-electron chi connectivity index (χ3n) is 4.83. The van der Waals surface area contributed by atoms with Gasteiger partial charge in [0, 0.05) is 48.2 Å². The number of halogens is 2. The fourth-order valence-electron chi connectivity index (χ4n) is 3.86. The first-order valence-corrected chi connectivity index (χ1v) is 8.50. The molecule has 0 saturated carbocycles. The lowest BCUT2D eigenvalue weighted by Gasteiger charge is -2.25. The summed E-state index contributed by atoms with van der Waals surface area (Å²) in [6.07, 6.45) is 5.05. The van der Waals surface area contributed by atoms with Crippen LogP contribution in [-0.4, -0.2) is 36.7 Å². The van der Waals surface area contributed by atoms with Crippen molar-refractivity contribution in [1.82, 2.24) is 10.2 Å². The van der Waals surface area contributed by atoms with E-state index in [1.54, 1.807) is 0 Å². The van der Waals surface area contributed by atoms with Crippen LogP contribution in [0.25, 0.3) is 0 Å². The molecule has 0 aliphatic carbocycles. The van der Waals surface area contributed by atoms with Crippen molar-refractivity contribution < 1.29 is 4.74 Å². The molecule has 2 bridgehead atoms. The van der Waals surface area contributed by atoms with Crippen LogP contribution in [0, 0.1) is 0 Å². The number of likely N-dealkylation sites (tertiary alicyclic amines) is 1. The number of rotatable bonds is 2. The molecule has 3 heterocycles. The molecule has 2 unspecified atom stereocenters. The van der Waals surface area contributed by atoms with E-state index in [0.717, 1.165) is 31.4 Å². The lowest BCUT2D eigenvalue weighted by molar-refractivity contribution is 0.246. The molecule has 4 rings (SSSR count). The van der Waals surface area contributed by atoms with E-state index in [4.69, 9.17) is 4.74 Å². The molecule has 1 aromatic rings. The van der Waals surface area contributed by atoms with E-state index in [-0.39, 0.29) is 12.4 Å². The number of hydrogen-bond acceptors (Lipinski definition) is 3. The van der Waals surface area contributed by atoms with Gasteiger partial charge in [0.05, 0.1) is 6.61 Å². The second-order valence-electron chi connectivity index (χ2n) is 6.31. The topological polar surface area (TPSA) is 24.5 Å². The fourth-order valence-corrected chi connectivity index (χ4v) is 4.42. The van der Waals surface area contributed by atoms with Crippen LogP contribution in [-0.2, 0) is 13.0 Å². The van der Waals surface area contributed by atoms with Gasteiger partial charge in [-0.05, 0) is 37.0 Å². The van der Waals surface area contributed by atoms with Gasteiger partial charge in [-0.15, -0.1) is 12.4 Å². The van der Waals surface area contributed by atoms with Crippen molar-refractivity contribution in [3.63, 3.8) is 0 Å². The van der Waals surface area contributed by atoms with Crippen LogP contribution in [0.4, 0.5) is 0 Å². The molecular weight excluding hydrogens is 352 g/mol. The van der Waals surface area contributed by atoms with E-state index in [9.17, 15) is 0 Å². The van der Waals surface area contributed by atoms with Gasteiger partial charge in [-0.2, -0.15) is 0 Å². The second-order valence-corrected chi connectivity index (χ2v) is 7.23. The molecule has 0 radical (unpaired) electrons. The Morgan fingerprint density at radius 1 is 1.24 bits per heavy atom. The van der Waals surface area contributed by atoms with Crippen molar-refractivity contribution in [1.29, 1.82) is 0 Å². The van der Waals surface area contributed by atoms with Crippen molar-refractivity contribution in [2.45, 2.75) is 44.3 Å². The summed E-state index contributed by atoms with van der Waals surface area (Å²) in [6.45, 7) is 4.24. The summed E-state index contributed by atoms with van der Waals surface area (Å²) in [5, 5.41) is 3.75. The van der Waals surface area contributed by atoms with Crippen molar-refractivity contribution in [2.24, 2.45) is 0 Å². The number of ether oxygens (including phenoxy) is 1. The Hall–Kier alpha value is -0.290. The Bertz CT molecular complexity index is 525. The molecule has 116 valence electrons. The minimum absolute atomic E-state index is 0. The second kappa shape index (κ2) is 6.45. The van der Waals surface area contributed by atoms with Crippen molar-refractivity contribution in [3.05, 3.63) is 27.7 Å². The molecular formula is C16H22BrClN2O. The number of hydrogen-bond donors (Lipinski definition) is 1. The first-order chi connectivity index (χ1) is 9.78. The molecule has 1 N–H and O–H groups in total. The van der Waals surface area contributed by atoms with Crippen LogP contribution in [0.5, 0.6) is 5.75 Å². The molecule has 0 spiro atoms. The number of benzene rings is 1. The van der Waals surface area contributed by atoms with Crippen LogP contribution in [0.2, 0.25) is 0 Å². The molecule has 3 nitrogen and oxygen atoms in total. The largest absolute Gasteiger partial charge is 0.493 e. The molecule has 5 heteroatoms. The Morgan fingerprint density at radius 2 is 2.10 bits per heavy atom. The quantitative estimate of drug-likeness (QED) is 0.862. The molecule has 3 aliphatic heterocycles.